The van der Waals surface area contributed by atoms with Crippen LogP contribution >= 0.6 is 11.8 Å². The first-order valence-corrected chi connectivity index (χ1v) is 6.93. The standard InChI is InChI=1S/C11H22N2S/c1-9-11(5-3-7-14-9)13-6-2-4-10(12)8-13/h9-11H,2-8,12H2,1H3. The van der Waals surface area contributed by atoms with Gasteiger partial charge in [0.05, 0.1) is 0 Å². The van der Waals surface area contributed by atoms with Crippen LogP contribution < -0.4 is 5.73 Å². The fraction of sp³-hybridized carbons (Fsp3) is 1.00. The zero-order chi connectivity index (χ0) is 9.97. The molecule has 0 bridgehead atoms. The molecule has 2 aliphatic rings. The molecule has 3 heteroatoms. The van der Waals surface area contributed by atoms with Crippen molar-refractivity contribution < 1.29 is 0 Å². The van der Waals surface area contributed by atoms with Crippen LogP contribution in [0.4, 0.5) is 0 Å². The van der Waals surface area contributed by atoms with Crippen molar-refractivity contribution in [3.63, 3.8) is 0 Å². The van der Waals surface area contributed by atoms with Gasteiger partial charge >= 0.3 is 0 Å². The SMILES string of the molecule is CC1SCCCC1N1CCCC(N)C1. The third-order valence-electron chi connectivity index (χ3n) is 3.53. The Kier molecular flexibility index (Phi) is 3.74. The number of nitrogens with two attached hydrogens (primary N) is 1. The molecule has 2 rings (SSSR count). The highest BCUT2D eigenvalue weighted by Gasteiger charge is 2.30. The Morgan fingerprint density at radius 1 is 1.29 bits per heavy atom. The van der Waals surface area contributed by atoms with Crippen LogP contribution in [-0.2, 0) is 0 Å². The molecule has 2 fully saturated rings. The average Bonchev–Trinajstić information content (AvgIpc) is 2.18. The molecule has 0 aromatic heterocycles. The average molecular weight is 214 g/mol. The maximum Gasteiger partial charge on any atom is 0.0212 e. The highest BCUT2D eigenvalue weighted by atomic mass is 32.2. The summed E-state index contributed by atoms with van der Waals surface area (Å²) in [4.78, 5) is 2.64. The van der Waals surface area contributed by atoms with E-state index in [-0.39, 0.29) is 0 Å². The van der Waals surface area contributed by atoms with E-state index in [0.29, 0.717) is 6.04 Å². The first-order valence-electron chi connectivity index (χ1n) is 5.88. The van der Waals surface area contributed by atoms with Crippen molar-refractivity contribution in [2.45, 2.75) is 49.9 Å². The minimum absolute atomic E-state index is 0.433. The van der Waals surface area contributed by atoms with E-state index < -0.39 is 0 Å². The lowest BCUT2D eigenvalue weighted by atomic mass is 10.00. The summed E-state index contributed by atoms with van der Waals surface area (Å²) in [6.45, 7) is 4.80. The number of rotatable bonds is 1. The van der Waals surface area contributed by atoms with Crippen LogP contribution in [0, 0.1) is 0 Å². The Balaban J connectivity index is 1.91. The maximum absolute atomic E-state index is 6.03. The lowest BCUT2D eigenvalue weighted by Crippen LogP contribution is -2.51. The molecule has 2 heterocycles. The number of nitrogens with zero attached hydrogens (tertiary/aromatic N) is 1. The van der Waals surface area contributed by atoms with Crippen molar-refractivity contribution in [2.75, 3.05) is 18.8 Å². The molecule has 0 aliphatic carbocycles. The van der Waals surface area contributed by atoms with Crippen LogP contribution in [0.1, 0.15) is 32.6 Å². The third kappa shape index (κ3) is 2.44. The predicted molar refractivity (Wildman–Crippen MR) is 63.7 cm³/mol. The Hall–Kier alpha value is 0.270. The second kappa shape index (κ2) is 4.86. The van der Waals surface area contributed by atoms with E-state index in [9.17, 15) is 0 Å². The predicted octanol–water partition coefficient (Wildman–Crippen LogP) is 1.69. The van der Waals surface area contributed by atoms with Crippen LogP contribution in [0.25, 0.3) is 0 Å². The maximum atomic E-state index is 6.03. The van der Waals surface area contributed by atoms with E-state index in [1.165, 1.54) is 38.0 Å². The van der Waals surface area contributed by atoms with Crippen molar-refractivity contribution in [3.8, 4) is 0 Å². The van der Waals surface area contributed by atoms with Gasteiger partial charge in [-0.1, -0.05) is 6.92 Å². The molecule has 0 radical (unpaired) electrons. The van der Waals surface area contributed by atoms with Gasteiger partial charge in [-0.2, -0.15) is 11.8 Å². The summed E-state index contributed by atoms with van der Waals surface area (Å²) in [7, 11) is 0. The van der Waals surface area contributed by atoms with Crippen molar-refractivity contribution >= 4 is 11.8 Å². The van der Waals surface area contributed by atoms with Gasteiger partial charge < -0.3 is 5.73 Å². The number of hydrogen-bond donors (Lipinski definition) is 1. The fourth-order valence-corrected chi connectivity index (χ4v) is 3.96. The lowest BCUT2D eigenvalue weighted by Gasteiger charge is -2.41. The smallest absolute Gasteiger partial charge is 0.0212 e. The Morgan fingerprint density at radius 2 is 2.14 bits per heavy atom. The monoisotopic (exact) mass is 214 g/mol. The normalized spacial score (nSPS) is 41.1. The molecule has 3 atom stereocenters. The minimum Gasteiger partial charge on any atom is -0.327 e. The van der Waals surface area contributed by atoms with Crippen LogP contribution in [0.15, 0.2) is 0 Å². The molecule has 82 valence electrons. The summed E-state index contributed by atoms with van der Waals surface area (Å²) >= 11 is 2.14. The number of likely N-dealkylation sites (tertiary alicyclic amines) is 1. The molecule has 0 saturated carbocycles. The van der Waals surface area contributed by atoms with Gasteiger partial charge in [-0.3, -0.25) is 4.90 Å². The molecule has 0 spiro atoms. The van der Waals surface area contributed by atoms with Gasteiger partial charge in [0, 0.05) is 23.9 Å². The third-order valence-corrected chi connectivity index (χ3v) is 4.89. The molecule has 2 aliphatic heterocycles. The van der Waals surface area contributed by atoms with Crippen molar-refractivity contribution in [3.05, 3.63) is 0 Å². The van der Waals surface area contributed by atoms with E-state index in [1.54, 1.807) is 0 Å². The number of thioether (sulfide) groups is 1. The van der Waals surface area contributed by atoms with Crippen LogP contribution in [0.5, 0.6) is 0 Å². The molecule has 0 aromatic rings. The molecule has 14 heavy (non-hydrogen) atoms. The fourth-order valence-electron chi connectivity index (χ4n) is 2.73. The Morgan fingerprint density at radius 3 is 2.86 bits per heavy atom. The summed E-state index contributed by atoms with van der Waals surface area (Å²) in [5, 5.41) is 0.814. The van der Waals surface area contributed by atoms with E-state index in [1.807, 2.05) is 0 Å². The van der Waals surface area contributed by atoms with Crippen molar-refractivity contribution in [1.29, 1.82) is 0 Å². The van der Waals surface area contributed by atoms with Gasteiger partial charge in [0.15, 0.2) is 0 Å². The molecule has 3 unspecified atom stereocenters. The molecule has 0 amide bonds. The lowest BCUT2D eigenvalue weighted by molar-refractivity contribution is 0.139. The molecule has 0 aromatic carbocycles. The summed E-state index contributed by atoms with van der Waals surface area (Å²) in [6.07, 6.45) is 5.31. The van der Waals surface area contributed by atoms with Crippen LogP contribution in [0.3, 0.4) is 0 Å². The molecule has 2 N–H and O–H groups in total. The minimum atomic E-state index is 0.433. The van der Waals surface area contributed by atoms with Gasteiger partial charge in [-0.05, 0) is 38.0 Å². The van der Waals surface area contributed by atoms with Gasteiger partial charge in [-0.15, -0.1) is 0 Å². The number of hydrogen-bond acceptors (Lipinski definition) is 3. The highest BCUT2D eigenvalue weighted by molar-refractivity contribution is 7.99. The quantitative estimate of drug-likeness (QED) is 0.720. The van der Waals surface area contributed by atoms with Crippen molar-refractivity contribution in [1.82, 2.24) is 4.90 Å². The summed E-state index contributed by atoms with van der Waals surface area (Å²) in [6, 6.07) is 1.24. The first-order chi connectivity index (χ1) is 6.77. The van der Waals surface area contributed by atoms with E-state index in [4.69, 9.17) is 5.73 Å². The van der Waals surface area contributed by atoms with Gasteiger partial charge in [0.25, 0.3) is 0 Å². The first kappa shape index (κ1) is 10.8. The summed E-state index contributed by atoms with van der Waals surface area (Å²) in [5.74, 6) is 1.36. The molecular weight excluding hydrogens is 192 g/mol. The van der Waals surface area contributed by atoms with Gasteiger partial charge in [0.2, 0.25) is 0 Å². The summed E-state index contributed by atoms with van der Waals surface area (Å²) in [5.41, 5.74) is 6.03. The van der Waals surface area contributed by atoms with Crippen molar-refractivity contribution in [2.24, 2.45) is 5.73 Å². The molecular formula is C11H22N2S. The Labute approximate surface area is 91.6 Å². The van der Waals surface area contributed by atoms with Gasteiger partial charge in [-0.25, -0.2) is 0 Å². The largest absolute Gasteiger partial charge is 0.327 e. The zero-order valence-electron chi connectivity index (χ0n) is 9.11. The van der Waals surface area contributed by atoms with E-state index in [0.717, 1.165) is 17.8 Å². The second-order valence-corrected chi connectivity index (χ2v) is 6.17. The Bertz CT molecular complexity index is 186. The topological polar surface area (TPSA) is 29.3 Å². The molecule has 2 nitrogen and oxygen atoms in total. The van der Waals surface area contributed by atoms with Crippen LogP contribution in [0.2, 0.25) is 0 Å². The van der Waals surface area contributed by atoms with E-state index >= 15 is 0 Å². The summed E-state index contributed by atoms with van der Waals surface area (Å²) < 4.78 is 0. The van der Waals surface area contributed by atoms with E-state index in [2.05, 4.69) is 23.6 Å². The number of piperidine rings is 1. The molecule has 2 saturated heterocycles. The van der Waals surface area contributed by atoms with Crippen LogP contribution in [-0.4, -0.2) is 41.1 Å². The highest BCUT2D eigenvalue weighted by Crippen LogP contribution is 2.30. The van der Waals surface area contributed by atoms with Gasteiger partial charge in [0.1, 0.15) is 0 Å². The zero-order valence-corrected chi connectivity index (χ0v) is 9.93. The second-order valence-electron chi connectivity index (χ2n) is 4.68.